The molecule has 166 valence electrons. The molecule has 0 saturated carbocycles. The number of ether oxygens (including phenoxy) is 2. The molecular formula is C24H22N6O3. The van der Waals surface area contributed by atoms with Gasteiger partial charge in [0.1, 0.15) is 35.4 Å². The van der Waals surface area contributed by atoms with Gasteiger partial charge in [-0.05, 0) is 36.4 Å². The van der Waals surface area contributed by atoms with Crippen LogP contribution in [0.3, 0.4) is 0 Å². The van der Waals surface area contributed by atoms with Crippen LogP contribution in [0.15, 0.2) is 53.7 Å². The number of carbonyl (C=O) groups excluding carboxylic acids is 1. The van der Waals surface area contributed by atoms with Gasteiger partial charge in [-0.15, -0.1) is 0 Å². The fraction of sp³-hybridized carbons (Fsp3) is 0.250. The van der Waals surface area contributed by atoms with Gasteiger partial charge in [-0.2, -0.15) is 15.8 Å². The van der Waals surface area contributed by atoms with Crippen LogP contribution in [0.25, 0.3) is 0 Å². The second-order valence-corrected chi connectivity index (χ2v) is 7.14. The highest BCUT2D eigenvalue weighted by Crippen LogP contribution is 2.25. The van der Waals surface area contributed by atoms with Crippen molar-refractivity contribution < 1.29 is 14.3 Å². The van der Waals surface area contributed by atoms with E-state index >= 15 is 0 Å². The Morgan fingerprint density at radius 2 is 1.45 bits per heavy atom. The summed E-state index contributed by atoms with van der Waals surface area (Å²) in [5.74, 6) is 1.06. The first-order valence-corrected chi connectivity index (χ1v) is 10.1. The van der Waals surface area contributed by atoms with Crippen LogP contribution >= 0.6 is 0 Å². The number of nitrogens with one attached hydrogen (secondary N) is 1. The quantitative estimate of drug-likeness (QED) is 0.677. The van der Waals surface area contributed by atoms with Gasteiger partial charge in [0.15, 0.2) is 5.57 Å². The van der Waals surface area contributed by atoms with Gasteiger partial charge in [0.25, 0.3) is 5.91 Å². The number of hydrogen-bond donors (Lipinski definition) is 1. The second kappa shape index (κ2) is 10.6. The van der Waals surface area contributed by atoms with Gasteiger partial charge in [0, 0.05) is 49.2 Å². The number of carbonyl (C=O) groups is 1. The van der Waals surface area contributed by atoms with Gasteiger partial charge < -0.3 is 24.6 Å². The maximum atomic E-state index is 13.0. The molecule has 2 aromatic rings. The van der Waals surface area contributed by atoms with Crippen LogP contribution in [-0.4, -0.2) is 51.2 Å². The molecule has 0 aliphatic carbocycles. The molecule has 1 fully saturated rings. The predicted octanol–water partition coefficient (Wildman–Crippen LogP) is 2.90. The number of methoxy groups -OCH3 is 2. The summed E-state index contributed by atoms with van der Waals surface area (Å²) in [6.45, 7) is 2.45. The number of nitrogens with zero attached hydrogens (tertiary/aromatic N) is 5. The Morgan fingerprint density at radius 1 is 0.879 bits per heavy atom. The third-order valence-corrected chi connectivity index (χ3v) is 5.25. The minimum atomic E-state index is -0.268. The van der Waals surface area contributed by atoms with Crippen molar-refractivity contribution in [2.24, 2.45) is 0 Å². The molecule has 0 unspecified atom stereocenters. The van der Waals surface area contributed by atoms with Crippen LogP contribution < -0.4 is 19.7 Å². The summed E-state index contributed by atoms with van der Waals surface area (Å²) in [4.78, 5) is 16.9. The molecule has 1 heterocycles. The normalized spacial score (nSPS) is 12.6. The Balaban J connectivity index is 1.64. The number of nitriles is 3. The van der Waals surface area contributed by atoms with Crippen molar-refractivity contribution in [1.82, 2.24) is 4.90 Å². The van der Waals surface area contributed by atoms with E-state index in [0.29, 0.717) is 48.9 Å². The summed E-state index contributed by atoms with van der Waals surface area (Å²) in [6, 6.07) is 17.7. The van der Waals surface area contributed by atoms with E-state index in [-0.39, 0.29) is 17.2 Å². The van der Waals surface area contributed by atoms with Crippen LogP contribution in [0.5, 0.6) is 11.5 Å². The van der Waals surface area contributed by atoms with Crippen molar-refractivity contribution in [3.8, 4) is 29.7 Å². The van der Waals surface area contributed by atoms with E-state index in [1.807, 2.05) is 18.2 Å². The largest absolute Gasteiger partial charge is 0.497 e. The molecular weight excluding hydrogens is 420 g/mol. The number of anilines is 2. The highest BCUT2D eigenvalue weighted by Gasteiger charge is 2.23. The van der Waals surface area contributed by atoms with Gasteiger partial charge in [0.2, 0.25) is 0 Å². The molecule has 9 nitrogen and oxygen atoms in total. The van der Waals surface area contributed by atoms with Gasteiger partial charge in [-0.3, -0.25) is 4.79 Å². The molecule has 0 atom stereocenters. The topological polar surface area (TPSA) is 125 Å². The fourth-order valence-electron chi connectivity index (χ4n) is 3.46. The van der Waals surface area contributed by atoms with E-state index in [0.717, 1.165) is 5.69 Å². The lowest BCUT2D eigenvalue weighted by molar-refractivity contribution is 0.0746. The van der Waals surface area contributed by atoms with Crippen molar-refractivity contribution in [2.45, 2.75) is 0 Å². The first-order chi connectivity index (χ1) is 16.0. The van der Waals surface area contributed by atoms with E-state index in [1.165, 1.54) is 0 Å². The Morgan fingerprint density at radius 3 is 1.94 bits per heavy atom. The maximum Gasteiger partial charge on any atom is 0.254 e. The van der Waals surface area contributed by atoms with Crippen molar-refractivity contribution in [3.05, 3.63) is 59.3 Å². The molecule has 0 bridgehead atoms. The maximum absolute atomic E-state index is 13.0. The Kier molecular flexibility index (Phi) is 7.36. The van der Waals surface area contributed by atoms with Crippen LogP contribution in [0.2, 0.25) is 0 Å². The second-order valence-electron chi connectivity index (χ2n) is 7.14. The molecule has 33 heavy (non-hydrogen) atoms. The third kappa shape index (κ3) is 5.33. The highest BCUT2D eigenvalue weighted by molar-refractivity contribution is 5.95. The number of benzene rings is 2. The summed E-state index contributed by atoms with van der Waals surface area (Å²) >= 11 is 0. The van der Waals surface area contributed by atoms with Gasteiger partial charge in [-0.1, -0.05) is 0 Å². The van der Waals surface area contributed by atoms with Gasteiger partial charge >= 0.3 is 0 Å². The molecule has 9 heteroatoms. The van der Waals surface area contributed by atoms with Crippen LogP contribution in [-0.2, 0) is 0 Å². The summed E-state index contributed by atoms with van der Waals surface area (Å²) in [6.07, 6.45) is 0. The SMILES string of the molecule is COc1cc(OC)cc(C(=O)N2CCN(c3ccc(NC(C#N)=C(C#N)C#N)cc3)CC2)c1. The molecule has 1 aliphatic heterocycles. The summed E-state index contributed by atoms with van der Waals surface area (Å²) in [7, 11) is 3.10. The third-order valence-electron chi connectivity index (χ3n) is 5.25. The summed E-state index contributed by atoms with van der Waals surface area (Å²) in [5.41, 5.74) is 1.73. The molecule has 1 saturated heterocycles. The molecule has 1 N–H and O–H groups in total. The molecule has 1 aliphatic rings. The van der Waals surface area contributed by atoms with Gasteiger partial charge in [-0.25, -0.2) is 0 Å². The zero-order valence-electron chi connectivity index (χ0n) is 18.3. The van der Waals surface area contributed by atoms with E-state index < -0.39 is 0 Å². The zero-order valence-corrected chi connectivity index (χ0v) is 18.3. The van der Waals surface area contributed by atoms with Crippen molar-refractivity contribution in [2.75, 3.05) is 50.6 Å². The van der Waals surface area contributed by atoms with Crippen LogP contribution in [0.1, 0.15) is 10.4 Å². The predicted molar refractivity (Wildman–Crippen MR) is 122 cm³/mol. The smallest absolute Gasteiger partial charge is 0.254 e. The number of hydrogen-bond acceptors (Lipinski definition) is 8. The van der Waals surface area contributed by atoms with Crippen LogP contribution in [0.4, 0.5) is 11.4 Å². The number of allylic oxidation sites excluding steroid dienone is 2. The lowest BCUT2D eigenvalue weighted by atomic mass is 10.1. The minimum Gasteiger partial charge on any atom is -0.497 e. The van der Waals surface area contributed by atoms with E-state index in [4.69, 9.17) is 25.3 Å². The fourth-order valence-corrected chi connectivity index (χ4v) is 3.46. The Hall–Kier alpha value is -4.68. The zero-order chi connectivity index (χ0) is 23.8. The first kappa shape index (κ1) is 23.0. The summed E-state index contributed by atoms with van der Waals surface area (Å²) in [5, 5.41) is 29.8. The van der Waals surface area contributed by atoms with Crippen LogP contribution in [0, 0.1) is 34.0 Å². The molecule has 1 amide bonds. The first-order valence-electron chi connectivity index (χ1n) is 10.1. The van der Waals surface area contributed by atoms with E-state index in [9.17, 15) is 4.79 Å². The van der Waals surface area contributed by atoms with E-state index in [2.05, 4.69) is 10.2 Å². The molecule has 2 aromatic carbocycles. The highest BCUT2D eigenvalue weighted by atomic mass is 16.5. The lowest BCUT2D eigenvalue weighted by Crippen LogP contribution is -2.48. The summed E-state index contributed by atoms with van der Waals surface area (Å²) < 4.78 is 10.5. The van der Waals surface area contributed by atoms with Crippen molar-refractivity contribution in [3.63, 3.8) is 0 Å². The average molecular weight is 442 g/mol. The Bertz CT molecular complexity index is 1140. The van der Waals surface area contributed by atoms with Gasteiger partial charge in [0.05, 0.1) is 14.2 Å². The molecule has 0 radical (unpaired) electrons. The monoisotopic (exact) mass is 442 g/mol. The number of amides is 1. The van der Waals surface area contributed by atoms with Crippen molar-refractivity contribution >= 4 is 17.3 Å². The number of rotatable bonds is 6. The molecule has 0 aromatic heterocycles. The molecule has 0 spiro atoms. The molecule has 3 rings (SSSR count). The average Bonchev–Trinajstić information content (AvgIpc) is 2.88. The van der Waals surface area contributed by atoms with Crippen molar-refractivity contribution in [1.29, 1.82) is 15.8 Å². The standard InChI is InChI=1S/C24H22N6O3/c1-32-21-11-17(12-22(13-21)33-2)24(31)30-9-7-29(8-10-30)20-5-3-19(4-6-20)28-23(16-27)18(14-25)15-26/h3-6,11-13,28H,7-10H2,1-2H3. The van der Waals surface area contributed by atoms with E-state index in [1.54, 1.807) is 61.6 Å². The number of piperazine rings is 1. The lowest BCUT2D eigenvalue weighted by Gasteiger charge is -2.36. The Labute approximate surface area is 192 Å². The minimum absolute atomic E-state index is 0.0759.